The number of hydrogen-bond acceptors (Lipinski definition) is 5. The van der Waals surface area contributed by atoms with E-state index in [2.05, 4.69) is 31.7 Å². The number of hydrogen-bond donors (Lipinski definition) is 0. The molecule has 0 aliphatic carbocycles. The molecule has 2 aromatic carbocycles. The van der Waals surface area contributed by atoms with Crippen LogP contribution >= 0.6 is 23.7 Å². The first-order valence-corrected chi connectivity index (χ1v) is 10.8. The Bertz CT molecular complexity index is 1120. The second-order valence-corrected chi connectivity index (χ2v) is 8.11. The van der Waals surface area contributed by atoms with Crippen LogP contribution in [-0.2, 0) is 0 Å². The molecule has 4 rings (SSSR count). The second-order valence-electron chi connectivity index (χ2n) is 7.10. The van der Waals surface area contributed by atoms with Gasteiger partial charge in [0.2, 0.25) is 0 Å². The van der Waals surface area contributed by atoms with Gasteiger partial charge in [0, 0.05) is 18.5 Å². The first-order valence-electron chi connectivity index (χ1n) is 9.99. The summed E-state index contributed by atoms with van der Waals surface area (Å²) >= 11 is 1.55. The molecule has 5 nitrogen and oxygen atoms in total. The summed E-state index contributed by atoms with van der Waals surface area (Å²) in [5, 5.41) is 1.64. The summed E-state index contributed by atoms with van der Waals surface area (Å²) in [5.41, 5.74) is 2.83. The van der Waals surface area contributed by atoms with Crippen LogP contribution in [0, 0.1) is 6.92 Å². The summed E-state index contributed by atoms with van der Waals surface area (Å²) in [7, 11) is 0. The van der Waals surface area contributed by atoms with Gasteiger partial charge in [-0.3, -0.25) is 9.69 Å². The monoisotopic (exact) mass is 443 g/mol. The number of aryl methyl sites for hydroxylation is 1. The number of nitrogens with zero attached hydrogens (tertiary/aromatic N) is 3. The Morgan fingerprint density at radius 3 is 2.57 bits per heavy atom. The molecule has 7 heteroatoms. The summed E-state index contributed by atoms with van der Waals surface area (Å²) in [4.78, 5) is 22.2. The van der Waals surface area contributed by atoms with Crippen molar-refractivity contribution in [1.82, 2.24) is 9.88 Å². The van der Waals surface area contributed by atoms with E-state index in [1.165, 1.54) is 5.56 Å². The molecule has 0 atom stereocenters. The maximum atomic E-state index is 13.4. The molecule has 4 aromatic rings. The van der Waals surface area contributed by atoms with Crippen LogP contribution in [-0.4, -0.2) is 42.0 Å². The third-order valence-electron chi connectivity index (χ3n) is 5.18. The smallest absolute Gasteiger partial charge is 0.295 e. The minimum Gasteiger partial charge on any atom is -0.451 e. The Hall–Kier alpha value is -2.41. The highest BCUT2D eigenvalue weighted by Crippen LogP contribution is 2.31. The molecule has 158 valence electrons. The third-order valence-corrected chi connectivity index (χ3v) is 6.22. The Morgan fingerprint density at radius 2 is 1.83 bits per heavy atom. The number of aromatic nitrogens is 1. The molecule has 2 heterocycles. The fourth-order valence-corrected chi connectivity index (χ4v) is 4.51. The minimum absolute atomic E-state index is 0. The van der Waals surface area contributed by atoms with E-state index in [0.29, 0.717) is 17.4 Å². The molecule has 0 unspecified atom stereocenters. The average Bonchev–Trinajstić information content (AvgIpc) is 3.34. The molecule has 0 aliphatic rings. The lowest BCUT2D eigenvalue weighted by Gasteiger charge is -2.24. The molecule has 0 spiro atoms. The predicted molar refractivity (Wildman–Crippen MR) is 127 cm³/mol. The van der Waals surface area contributed by atoms with Crippen molar-refractivity contribution in [3.63, 3.8) is 0 Å². The highest BCUT2D eigenvalue weighted by Gasteiger charge is 2.24. The predicted octanol–water partition coefficient (Wildman–Crippen LogP) is 5.76. The van der Waals surface area contributed by atoms with Crippen molar-refractivity contribution in [2.45, 2.75) is 20.8 Å². The number of amides is 1. The lowest BCUT2D eigenvalue weighted by molar-refractivity contribution is 0.0959. The van der Waals surface area contributed by atoms with Crippen LogP contribution in [0.25, 0.3) is 21.2 Å². The number of furan rings is 1. The van der Waals surface area contributed by atoms with E-state index in [0.717, 1.165) is 40.8 Å². The van der Waals surface area contributed by atoms with Gasteiger partial charge in [-0.2, -0.15) is 0 Å². The summed E-state index contributed by atoms with van der Waals surface area (Å²) in [6.07, 6.45) is 0. The maximum Gasteiger partial charge on any atom is 0.295 e. The van der Waals surface area contributed by atoms with Crippen LogP contribution in [0.15, 0.2) is 52.9 Å². The topological polar surface area (TPSA) is 49.6 Å². The lowest BCUT2D eigenvalue weighted by Crippen LogP contribution is -2.38. The Kier molecular flexibility index (Phi) is 7.13. The standard InChI is InChI=1S/C23H25N3O2S.ClH/c1-4-25(5-2)12-13-26(23-24-18-11-10-16(3)14-21(18)29-23)22(27)20-15-17-8-6-7-9-19(17)28-20;/h6-11,14-15H,4-5,12-13H2,1-3H3;1H. The van der Waals surface area contributed by atoms with Gasteiger partial charge in [-0.25, -0.2) is 4.98 Å². The molecule has 0 radical (unpaired) electrons. The zero-order valence-electron chi connectivity index (χ0n) is 17.4. The van der Waals surface area contributed by atoms with E-state index in [1.54, 1.807) is 16.2 Å². The quantitative estimate of drug-likeness (QED) is 0.364. The van der Waals surface area contributed by atoms with Crippen LogP contribution in [0.4, 0.5) is 5.13 Å². The Morgan fingerprint density at radius 1 is 1.07 bits per heavy atom. The van der Waals surface area contributed by atoms with Crippen molar-refractivity contribution >= 4 is 56.0 Å². The first-order chi connectivity index (χ1) is 14.1. The molecule has 0 fully saturated rings. The average molecular weight is 444 g/mol. The largest absolute Gasteiger partial charge is 0.451 e. The van der Waals surface area contributed by atoms with Gasteiger partial charge < -0.3 is 9.32 Å². The fourth-order valence-electron chi connectivity index (χ4n) is 3.42. The van der Waals surface area contributed by atoms with Crippen molar-refractivity contribution < 1.29 is 9.21 Å². The van der Waals surface area contributed by atoms with Crippen molar-refractivity contribution in [3.8, 4) is 0 Å². The molecule has 1 amide bonds. The van der Waals surface area contributed by atoms with E-state index in [1.807, 2.05) is 42.5 Å². The molecule has 0 saturated carbocycles. The number of benzene rings is 2. The molecule has 30 heavy (non-hydrogen) atoms. The van der Waals surface area contributed by atoms with Gasteiger partial charge in [-0.05, 0) is 49.8 Å². The van der Waals surface area contributed by atoms with Gasteiger partial charge in [0.15, 0.2) is 10.9 Å². The van der Waals surface area contributed by atoms with Crippen molar-refractivity contribution in [2.75, 3.05) is 31.1 Å². The van der Waals surface area contributed by atoms with Crippen LogP contribution in [0.3, 0.4) is 0 Å². The highest BCUT2D eigenvalue weighted by atomic mass is 35.5. The van der Waals surface area contributed by atoms with E-state index in [9.17, 15) is 4.79 Å². The highest BCUT2D eigenvalue weighted by molar-refractivity contribution is 7.22. The zero-order chi connectivity index (χ0) is 20.4. The number of thiazole rings is 1. The number of fused-ring (bicyclic) bond motifs is 2. The van der Waals surface area contributed by atoms with E-state index in [4.69, 9.17) is 9.40 Å². The SMILES string of the molecule is CCN(CC)CCN(C(=O)c1cc2ccccc2o1)c1nc2ccc(C)cc2s1.Cl. The minimum atomic E-state index is -0.149. The van der Waals surface area contributed by atoms with Gasteiger partial charge in [0.05, 0.1) is 10.2 Å². The number of para-hydroxylation sites is 1. The number of rotatable bonds is 7. The van der Waals surface area contributed by atoms with Crippen molar-refractivity contribution in [3.05, 3.63) is 59.9 Å². The van der Waals surface area contributed by atoms with Crippen LogP contribution < -0.4 is 4.90 Å². The summed E-state index contributed by atoms with van der Waals surface area (Å²) in [6, 6.07) is 15.7. The fraction of sp³-hybridized carbons (Fsp3) is 0.304. The van der Waals surface area contributed by atoms with Gasteiger partial charge >= 0.3 is 0 Å². The Labute approximate surface area is 186 Å². The summed E-state index contributed by atoms with van der Waals surface area (Å²) in [5.74, 6) is 0.199. The molecular weight excluding hydrogens is 418 g/mol. The molecular formula is C23H26ClN3O2S. The summed E-state index contributed by atoms with van der Waals surface area (Å²) in [6.45, 7) is 9.58. The normalized spacial score (nSPS) is 11.2. The number of likely N-dealkylation sites (N-methyl/N-ethyl adjacent to an activating group) is 1. The van der Waals surface area contributed by atoms with Gasteiger partial charge in [0.1, 0.15) is 5.58 Å². The maximum absolute atomic E-state index is 13.4. The number of anilines is 1. The zero-order valence-corrected chi connectivity index (χ0v) is 19.1. The molecule has 0 bridgehead atoms. The van der Waals surface area contributed by atoms with Crippen molar-refractivity contribution in [2.24, 2.45) is 0 Å². The molecule has 2 aromatic heterocycles. The van der Waals surface area contributed by atoms with E-state index < -0.39 is 0 Å². The number of carbonyl (C=O) groups is 1. The number of halogens is 1. The third kappa shape index (κ3) is 4.51. The lowest BCUT2D eigenvalue weighted by atomic mass is 10.2. The van der Waals surface area contributed by atoms with Crippen LogP contribution in [0.5, 0.6) is 0 Å². The van der Waals surface area contributed by atoms with Crippen LogP contribution in [0.1, 0.15) is 30.0 Å². The number of carbonyl (C=O) groups excluding carboxylic acids is 1. The van der Waals surface area contributed by atoms with E-state index >= 15 is 0 Å². The van der Waals surface area contributed by atoms with Gasteiger partial charge in [-0.1, -0.05) is 49.4 Å². The second kappa shape index (κ2) is 9.60. The Balaban J connectivity index is 0.00000256. The molecule has 0 aliphatic heterocycles. The first kappa shape index (κ1) is 22.3. The van der Waals surface area contributed by atoms with Gasteiger partial charge in [0.25, 0.3) is 5.91 Å². The summed E-state index contributed by atoms with van der Waals surface area (Å²) < 4.78 is 6.95. The van der Waals surface area contributed by atoms with Crippen LogP contribution in [0.2, 0.25) is 0 Å². The molecule has 0 N–H and O–H groups in total. The van der Waals surface area contributed by atoms with Gasteiger partial charge in [-0.15, -0.1) is 12.4 Å². The van der Waals surface area contributed by atoms with E-state index in [-0.39, 0.29) is 18.3 Å². The van der Waals surface area contributed by atoms with Crippen molar-refractivity contribution in [1.29, 1.82) is 0 Å². The molecule has 0 saturated heterocycles.